The molecule has 0 saturated carbocycles. The summed E-state index contributed by atoms with van der Waals surface area (Å²) in [6.07, 6.45) is 30.3. The fraction of sp³-hybridized carbons (Fsp3) is 0.875. The van der Waals surface area contributed by atoms with Crippen LogP contribution in [0.4, 0.5) is 0 Å². The van der Waals surface area contributed by atoms with Crippen LogP contribution >= 0.6 is 0 Å². The van der Waals surface area contributed by atoms with Crippen LogP contribution in [-0.4, -0.2) is 12.4 Å². The van der Waals surface area contributed by atoms with Crippen molar-refractivity contribution in [3.63, 3.8) is 0 Å². The van der Waals surface area contributed by atoms with Gasteiger partial charge in [0.2, 0.25) is 6.17 Å². The highest BCUT2D eigenvalue weighted by Crippen LogP contribution is 2.24. The predicted octanol–water partition coefficient (Wildman–Crippen LogP) is 8.31. The number of aliphatic imine (C=N–C) groups is 2. The van der Waals surface area contributed by atoms with E-state index >= 15 is 0 Å². The molecule has 0 fully saturated rings. The van der Waals surface area contributed by atoms with E-state index < -0.39 is 0 Å². The maximum absolute atomic E-state index is 4.30. The van der Waals surface area contributed by atoms with Gasteiger partial charge in [0.15, 0.2) is 12.4 Å². The monoisotopic (exact) mass is 361 g/mol. The summed E-state index contributed by atoms with van der Waals surface area (Å²) in [6, 6.07) is 0. The molecule has 1 atom stereocenters. The lowest BCUT2D eigenvalue weighted by Gasteiger charge is -2.08. The molecule has 26 heavy (non-hydrogen) atoms. The van der Waals surface area contributed by atoms with Gasteiger partial charge >= 0.3 is 0 Å². The molecule has 150 valence electrons. The zero-order valence-electron chi connectivity index (χ0n) is 17.9. The minimum atomic E-state index is 0.529. The summed E-state index contributed by atoms with van der Waals surface area (Å²) < 4.78 is 0. The normalized spacial score (nSPS) is 14.5. The molecular weight excluding hydrogens is 316 g/mol. The Labute approximate surface area is 164 Å². The van der Waals surface area contributed by atoms with Gasteiger partial charge in [0.25, 0.3) is 0 Å². The fourth-order valence-corrected chi connectivity index (χ4v) is 3.81. The Morgan fingerprint density at radius 1 is 0.577 bits per heavy atom. The lowest BCUT2D eigenvalue weighted by Crippen LogP contribution is -2.02. The fourth-order valence-electron chi connectivity index (χ4n) is 3.81. The highest BCUT2D eigenvalue weighted by molar-refractivity contribution is 6.18. The van der Waals surface area contributed by atoms with Crippen LogP contribution in [0.15, 0.2) is 9.98 Å². The van der Waals surface area contributed by atoms with Gasteiger partial charge in [-0.3, -0.25) is 0 Å². The molecule has 1 heterocycles. The van der Waals surface area contributed by atoms with E-state index in [0.717, 1.165) is 6.17 Å². The number of rotatable bonds is 19. The van der Waals surface area contributed by atoms with Gasteiger partial charge in [0.1, 0.15) is 0 Å². The van der Waals surface area contributed by atoms with Crippen molar-refractivity contribution in [2.45, 2.75) is 129 Å². The van der Waals surface area contributed by atoms with Crippen LogP contribution < -0.4 is 0 Å². The van der Waals surface area contributed by atoms with Crippen LogP contribution in [0, 0.1) is 12.1 Å². The highest BCUT2D eigenvalue weighted by atomic mass is 15.0. The predicted molar refractivity (Wildman–Crippen MR) is 118 cm³/mol. The topological polar surface area (TPSA) is 24.7 Å². The molecule has 0 aliphatic carbocycles. The average Bonchev–Trinajstić information content (AvgIpc) is 3.19. The molecule has 1 rings (SSSR count). The second kappa shape index (κ2) is 17.6. The van der Waals surface area contributed by atoms with E-state index in [4.69, 9.17) is 0 Å². The van der Waals surface area contributed by atoms with Crippen molar-refractivity contribution in [1.82, 2.24) is 0 Å². The van der Waals surface area contributed by atoms with E-state index in [9.17, 15) is 0 Å². The lowest BCUT2D eigenvalue weighted by molar-refractivity contribution is 0.483. The van der Waals surface area contributed by atoms with Gasteiger partial charge in [0, 0.05) is 0 Å². The van der Waals surface area contributed by atoms with E-state index in [1.54, 1.807) is 12.4 Å². The van der Waals surface area contributed by atoms with Crippen molar-refractivity contribution < 1.29 is 0 Å². The van der Waals surface area contributed by atoms with Crippen molar-refractivity contribution in [3.8, 4) is 0 Å². The first kappa shape index (κ1) is 23.2. The molecule has 1 unspecified atom stereocenters. The van der Waals surface area contributed by atoms with Crippen LogP contribution in [0.25, 0.3) is 0 Å². The van der Waals surface area contributed by atoms with Gasteiger partial charge in [0.05, 0.1) is 5.92 Å². The Hall–Kier alpha value is -0.790. The second-order valence-corrected chi connectivity index (χ2v) is 8.26. The third-order valence-corrected chi connectivity index (χ3v) is 5.66. The van der Waals surface area contributed by atoms with E-state index in [0.29, 0.717) is 5.92 Å². The summed E-state index contributed by atoms with van der Waals surface area (Å²) in [7, 11) is 0. The van der Waals surface area contributed by atoms with Crippen molar-refractivity contribution in [2.24, 2.45) is 15.9 Å². The van der Waals surface area contributed by atoms with Crippen LogP contribution in [0.5, 0.6) is 0 Å². The summed E-state index contributed by atoms with van der Waals surface area (Å²) in [4.78, 5) is 8.60. The number of nitrogens with zero attached hydrogens (tertiary/aromatic N) is 2. The van der Waals surface area contributed by atoms with Gasteiger partial charge in [-0.25, -0.2) is 0 Å². The quantitative estimate of drug-likeness (QED) is 0.163. The minimum absolute atomic E-state index is 0.529. The maximum Gasteiger partial charge on any atom is 0.243 e. The molecule has 0 spiro atoms. The van der Waals surface area contributed by atoms with Crippen molar-refractivity contribution in [2.75, 3.05) is 0 Å². The van der Waals surface area contributed by atoms with Crippen molar-refractivity contribution in [3.05, 3.63) is 6.17 Å². The van der Waals surface area contributed by atoms with Crippen LogP contribution in [0.1, 0.15) is 129 Å². The Bertz CT molecular complexity index is 336. The molecule has 0 aromatic rings. The first-order chi connectivity index (χ1) is 12.8. The zero-order chi connectivity index (χ0) is 18.7. The van der Waals surface area contributed by atoms with E-state index in [1.807, 2.05) is 0 Å². The van der Waals surface area contributed by atoms with Gasteiger partial charge in [-0.15, -0.1) is 0 Å². The standard InChI is InChI=1S/C24H45N2/c1-3-4-5-6-7-8-9-10-11-12-13-14-15-16-17-18-19-20-23(2)24-25-21-22-26-24/h21-23H,3-20H2,1-2H3/q+1. The molecule has 0 amide bonds. The molecule has 0 radical (unpaired) electrons. The second-order valence-electron chi connectivity index (χ2n) is 8.26. The van der Waals surface area contributed by atoms with Crippen molar-refractivity contribution in [1.29, 1.82) is 0 Å². The van der Waals surface area contributed by atoms with E-state index in [1.165, 1.54) is 116 Å². The highest BCUT2D eigenvalue weighted by Gasteiger charge is 2.23. The summed E-state index contributed by atoms with van der Waals surface area (Å²) in [5.41, 5.74) is 0. The molecule has 0 bridgehead atoms. The van der Waals surface area contributed by atoms with Gasteiger partial charge in [-0.2, -0.15) is 0 Å². The van der Waals surface area contributed by atoms with Crippen LogP contribution in [0.3, 0.4) is 0 Å². The Morgan fingerprint density at radius 3 is 1.31 bits per heavy atom. The minimum Gasteiger partial charge on any atom is -0.0965 e. The summed E-state index contributed by atoms with van der Waals surface area (Å²) in [5, 5.41) is 0. The Morgan fingerprint density at radius 2 is 0.923 bits per heavy atom. The molecule has 1 aliphatic rings. The lowest BCUT2D eigenvalue weighted by atomic mass is 9.99. The third kappa shape index (κ3) is 13.4. The third-order valence-electron chi connectivity index (χ3n) is 5.66. The summed E-state index contributed by atoms with van der Waals surface area (Å²) in [5.74, 6) is 0.529. The largest absolute Gasteiger partial charge is 0.243 e. The molecule has 0 aromatic heterocycles. The van der Waals surface area contributed by atoms with Gasteiger partial charge < -0.3 is 0 Å². The number of hydrogen-bond donors (Lipinski definition) is 0. The number of hydrogen-bond acceptors (Lipinski definition) is 2. The summed E-state index contributed by atoms with van der Waals surface area (Å²) in [6.45, 7) is 4.55. The molecular formula is C24H45N2+. The molecule has 2 nitrogen and oxygen atoms in total. The first-order valence-corrected chi connectivity index (χ1v) is 11.8. The molecule has 1 aliphatic heterocycles. The smallest absolute Gasteiger partial charge is 0.0965 e. The van der Waals surface area contributed by atoms with Gasteiger partial charge in [-0.1, -0.05) is 126 Å². The van der Waals surface area contributed by atoms with E-state index in [2.05, 4.69) is 23.8 Å². The first-order valence-electron chi connectivity index (χ1n) is 11.8. The SMILES string of the molecule is CCCCCCCCCCCCCCCCCCCC(C)[C+]1N=CC=N1. The molecule has 2 heteroatoms. The molecule has 0 aromatic carbocycles. The maximum atomic E-state index is 4.30. The van der Waals surface area contributed by atoms with E-state index in [-0.39, 0.29) is 0 Å². The van der Waals surface area contributed by atoms with Crippen LogP contribution in [-0.2, 0) is 0 Å². The van der Waals surface area contributed by atoms with Crippen LogP contribution in [0.2, 0.25) is 0 Å². The summed E-state index contributed by atoms with van der Waals surface area (Å²) >= 11 is 0. The van der Waals surface area contributed by atoms with Gasteiger partial charge in [-0.05, 0) is 13.3 Å². The number of unbranched alkanes of at least 4 members (excludes halogenated alkanes) is 16. The van der Waals surface area contributed by atoms with Crippen molar-refractivity contribution >= 4 is 12.4 Å². The zero-order valence-corrected chi connectivity index (χ0v) is 17.9. The molecule has 0 N–H and O–H groups in total. The Balaban J connectivity index is 1.69. The Kier molecular flexibility index (Phi) is 15.8. The average molecular weight is 362 g/mol. The molecule has 0 saturated heterocycles.